The van der Waals surface area contributed by atoms with Crippen LogP contribution in [0.5, 0.6) is 0 Å². The Morgan fingerprint density at radius 3 is 2.55 bits per heavy atom. The average molecular weight is 396 g/mol. The van der Waals surface area contributed by atoms with Crippen molar-refractivity contribution >= 4 is 29.4 Å². The maximum absolute atomic E-state index is 12.1. The van der Waals surface area contributed by atoms with E-state index < -0.39 is 24.5 Å². The lowest BCUT2D eigenvalue weighted by atomic mass is 10.1. The number of amides is 3. The number of carbonyl (C=O) groups is 3. The molecule has 0 saturated carbocycles. The third-order valence-corrected chi connectivity index (χ3v) is 4.02. The lowest BCUT2D eigenvalue weighted by Gasteiger charge is -2.09. The number of rotatable bonds is 4. The Bertz CT molecular complexity index is 1120. The molecule has 0 atom stereocenters. The van der Waals surface area contributed by atoms with Crippen molar-refractivity contribution in [1.29, 1.82) is 0 Å². The van der Waals surface area contributed by atoms with Crippen LogP contribution in [0.2, 0.25) is 0 Å². The largest absolute Gasteiger partial charge is 0.450 e. The SMILES string of the molecule is Cc1ccc(NC(=O)NC(=O)COC(=O)c2nc3nc(C)cc(C)n3n2)c(C)c1. The molecule has 2 N–H and O–H groups in total. The number of anilines is 1. The Morgan fingerprint density at radius 2 is 1.83 bits per heavy atom. The van der Waals surface area contributed by atoms with E-state index in [0.717, 1.165) is 22.5 Å². The molecule has 0 aliphatic heterocycles. The molecule has 3 rings (SSSR count). The number of carbonyl (C=O) groups excluding carboxylic acids is 3. The number of hydrogen-bond donors (Lipinski definition) is 2. The van der Waals surface area contributed by atoms with Crippen molar-refractivity contribution in [2.24, 2.45) is 0 Å². The van der Waals surface area contributed by atoms with Crippen LogP contribution >= 0.6 is 0 Å². The quantitative estimate of drug-likeness (QED) is 0.644. The number of fused-ring (bicyclic) bond motifs is 1. The Labute approximate surface area is 166 Å². The second kappa shape index (κ2) is 8.05. The Kier molecular flexibility index (Phi) is 5.53. The molecule has 1 aromatic carbocycles. The minimum atomic E-state index is -0.891. The van der Waals surface area contributed by atoms with Crippen LogP contribution in [0.25, 0.3) is 5.78 Å². The number of imide groups is 1. The van der Waals surface area contributed by atoms with E-state index in [0.29, 0.717) is 5.69 Å². The van der Waals surface area contributed by atoms with Gasteiger partial charge >= 0.3 is 12.0 Å². The summed E-state index contributed by atoms with van der Waals surface area (Å²) in [5, 5.41) is 8.69. The molecule has 29 heavy (non-hydrogen) atoms. The summed E-state index contributed by atoms with van der Waals surface area (Å²) in [7, 11) is 0. The molecule has 10 nitrogen and oxygen atoms in total. The van der Waals surface area contributed by atoms with Crippen LogP contribution in [0.1, 0.15) is 33.1 Å². The van der Waals surface area contributed by atoms with Gasteiger partial charge < -0.3 is 10.1 Å². The molecule has 3 amide bonds. The summed E-state index contributed by atoms with van der Waals surface area (Å²) in [4.78, 5) is 44.1. The molecule has 0 fully saturated rings. The van der Waals surface area contributed by atoms with Gasteiger partial charge in [0, 0.05) is 17.1 Å². The first kappa shape index (κ1) is 19.9. The van der Waals surface area contributed by atoms with Crippen molar-refractivity contribution in [3.05, 3.63) is 52.6 Å². The van der Waals surface area contributed by atoms with Crippen LogP contribution in [-0.4, -0.2) is 44.1 Å². The maximum atomic E-state index is 12.1. The Hall–Kier alpha value is -3.82. The molecule has 10 heteroatoms. The van der Waals surface area contributed by atoms with Crippen LogP contribution in [0.3, 0.4) is 0 Å². The molecular weight excluding hydrogens is 376 g/mol. The summed E-state index contributed by atoms with van der Waals surface area (Å²) in [6.45, 7) is 6.72. The van der Waals surface area contributed by atoms with Crippen molar-refractivity contribution in [3.63, 3.8) is 0 Å². The minimum Gasteiger partial charge on any atom is -0.450 e. The van der Waals surface area contributed by atoms with Crippen molar-refractivity contribution in [2.45, 2.75) is 27.7 Å². The van der Waals surface area contributed by atoms with Crippen LogP contribution in [0, 0.1) is 27.7 Å². The van der Waals surface area contributed by atoms with Gasteiger partial charge in [0.05, 0.1) is 0 Å². The average Bonchev–Trinajstić information content (AvgIpc) is 3.06. The van der Waals surface area contributed by atoms with E-state index in [4.69, 9.17) is 4.74 Å². The fourth-order valence-electron chi connectivity index (χ4n) is 2.72. The predicted molar refractivity (Wildman–Crippen MR) is 104 cm³/mol. The standard InChI is InChI=1S/C19H20N6O4/c1-10-5-6-14(11(2)7-10)21-19(28)22-15(26)9-29-17(27)16-23-18-20-12(3)8-13(4)25(18)24-16/h5-8H,9H2,1-4H3,(H2,21,22,26,28). The van der Waals surface area contributed by atoms with Gasteiger partial charge in [0.2, 0.25) is 0 Å². The zero-order valence-corrected chi connectivity index (χ0v) is 16.4. The first-order valence-electron chi connectivity index (χ1n) is 8.79. The summed E-state index contributed by atoms with van der Waals surface area (Å²) in [6, 6.07) is 6.55. The predicted octanol–water partition coefficient (Wildman–Crippen LogP) is 1.86. The summed E-state index contributed by atoms with van der Waals surface area (Å²) in [5.74, 6) is -1.64. The maximum Gasteiger partial charge on any atom is 0.378 e. The molecule has 0 aliphatic carbocycles. The van der Waals surface area contributed by atoms with Crippen molar-refractivity contribution < 1.29 is 19.1 Å². The first-order valence-corrected chi connectivity index (χ1v) is 8.79. The second-order valence-electron chi connectivity index (χ2n) is 6.58. The molecule has 0 aliphatic rings. The van der Waals surface area contributed by atoms with Crippen molar-refractivity contribution in [2.75, 3.05) is 11.9 Å². The summed E-state index contributed by atoms with van der Waals surface area (Å²) in [6.07, 6.45) is 0. The van der Waals surface area contributed by atoms with Gasteiger partial charge in [0.15, 0.2) is 6.61 Å². The molecule has 0 radical (unpaired) electrons. The molecular formula is C19H20N6O4. The van der Waals surface area contributed by atoms with E-state index in [2.05, 4.69) is 25.7 Å². The van der Waals surface area contributed by atoms with Crippen molar-refractivity contribution in [3.8, 4) is 0 Å². The number of ether oxygens (including phenoxy) is 1. The topological polar surface area (TPSA) is 128 Å². The molecule has 0 unspecified atom stereocenters. The number of benzene rings is 1. The van der Waals surface area contributed by atoms with Gasteiger partial charge in [-0.3, -0.25) is 10.1 Å². The number of aromatic nitrogens is 4. The summed E-state index contributed by atoms with van der Waals surface area (Å²) >= 11 is 0. The van der Waals surface area contributed by atoms with E-state index in [1.807, 2.05) is 26.0 Å². The van der Waals surface area contributed by atoms with E-state index >= 15 is 0 Å². The monoisotopic (exact) mass is 396 g/mol. The minimum absolute atomic E-state index is 0.223. The lowest BCUT2D eigenvalue weighted by Crippen LogP contribution is -2.37. The highest BCUT2D eigenvalue weighted by molar-refractivity contribution is 6.02. The zero-order valence-electron chi connectivity index (χ0n) is 16.4. The third-order valence-electron chi connectivity index (χ3n) is 4.02. The van der Waals surface area contributed by atoms with Crippen LogP contribution in [0.15, 0.2) is 24.3 Å². The summed E-state index contributed by atoms with van der Waals surface area (Å²) in [5.41, 5.74) is 3.97. The smallest absolute Gasteiger partial charge is 0.378 e. The van der Waals surface area contributed by atoms with E-state index in [1.165, 1.54) is 4.52 Å². The van der Waals surface area contributed by atoms with E-state index in [9.17, 15) is 14.4 Å². The number of aryl methyl sites for hydroxylation is 4. The highest BCUT2D eigenvalue weighted by atomic mass is 16.5. The number of nitrogens with one attached hydrogen (secondary N) is 2. The highest BCUT2D eigenvalue weighted by Gasteiger charge is 2.18. The number of hydrogen-bond acceptors (Lipinski definition) is 7. The normalized spacial score (nSPS) is 10.6. The van der Waals surface area contributed by atoms with Crippen LogP contribution in [0.4, 0.5) is 10.5 Å². The van der Waals surface area contributed by atoms with Crippen LogP contribution < -0.4 is 10.6 Å². The third kappa shape index (κ3) is 4.72. The van der Waals surface area contributed by atoms with Gasteiger partial charge in [0.25, 0.3) is 17.5 Å². The number of esters is 1. The molecule has 0 spiro atoms. The van der Waals surface area contributed by atoms with Gasteiger partial charge in [0.1, 0.15) is 0 Å². The van der Waals surface area contributed by atoms with E-state index in [-0.39, 0.29) is 11.6 Å². The molecule has 2 aromatic heterocycles. The van der Waals surface area contributed by atoms with Gasteiger partial charge in [-0.15, -0.1) is 5.10 Å². The van der Waals surface area contributed by atoms with Gasteiger partial charge in [-0.1, -0.05) is 17.7 Å². The Morgan fingerprint density at radius 1 is 1.07 bits per heavy atom. The molecule has 2 heterocycles. The Balaban J connectivity index is 1.55. The fourth-order valence-corrected chi connectivity index (χ4v) is 2.72. The molecule has 0 bridgehead atoms. The van der Waals surface area contributed by atoms with Crippen molar-refractivity contribution in [1.82, 2.24) is 24.9 Å². The number of urea groups is 1. The molecule has 0 saturated heterocycles. The molecule has 150 valence electrons. The second-order valence-corrected chi connectivity index (χ2v) is 6.58. The summed E-state index contributed by atoms with van der Waals surface area (Å²) < 4.78 is 6.29. The zero-order chi connectivity index (χ0) is 21.1. The van der Waals surface area contributed by atoms with Gasteiger partial charge in [-0.2, -0.15) is 4.98 Å². The fraction of sp³-hybridized carbons (Fsp3) is 0.263. The lowest BCUT2D eigenvalue weighted by molar-refractivity contribution is -0.123. The highest BCUT2D eigenvalue weighted by Crippen LogP contribution is 2.15. The van der Waals surface area contributed by atoms with Gasteiger partial charge in [-0.25, -0.2) is 19.1 Å². The van der Waals surface area contributed by atoms with Crippen LogP contribution in [-0.2, 0) is 9.53 Å². The van der Waals surface area contributed by atoms with E-state index in [1.54, 1.807) is 26.0 Å². The van der Waals surface area contributed by atoms with Gasteiger partial charge in [-0.05, 0) is 45.4 Å². The first-order chi connectivity index (χ1) is 13.7. The molecule has 3 aromatic rings. The number of nitrogens with zero attached hydrogens (tertiary/aromatic N) is 4.